The number of carbonyl (C=O) groups is 1. The van der Waals surface area contributed by atoms with E-state index < -0.39 is 6.10 Å². The molecule has 0 bridgehead atoms. The van der Waals surface area contributed by atoms with Crippen LogP contribution in [0.3, 0.4) is 0 Å². The molecule has 2 atom stereocenters. The van der Waals surface area contributed by atoms with E-state index >= 15 is 0 Å². The summed E-state index contributed by atoms with van der Waals surface area (Å²) < 4.78 is 13.0. The number of amides is 1. The molecule has 1 aromatic rings. The number of aliphatic hydroxyl groups is 1. The molecule has 0 aromatic heterocycles. The molecule has 0 heterocycles. The summed E-state index contributed by atoms with van der Waals surface area (Å²) in [6, 6.07) is 5.78. The Morgan fingerprint density at radius 1 is 1.53 bits per heavy atom. The summed E-state index contributed by atoms with van der Waals surface area (Å²) in [6.45, 7) is 1.96. The molecular formula is C14H19FN2O2. The minimum absolute atomic E-state index is 0.0612. The maximum absolute atomic E-state index is 13.0. The molecule has 19 heavy (non-hydrogen) atoms. The fraction of sp³-hybridized carbons (Fsp3) is 0.500. The molecule has 2 rings (SSSR count). The van der Waals surface area contributed by atoms with Crippen molar-refractivity contribution in [2.45, 2.75) is 38.0 Å². The molecule has 0 aliphatic heterocycles. The van der Waals surface area contributed by atoms with Crippen molar-refractivity contribution in [2.24, 2.45) is 0 Å². The Morgan fingerprint density at radius 2 is 2.26 bits per heavy atom. The Kier molecular flexibility index (Phi) is 4.50. The zero-order chi connectivity index (χ0) is 13.8. The highest BCUT2D eigenvalue weighted by molar-refractivity contribution is 5.81. The van der Waals surface area contributed by atoms with E-state index in [9.17, 15) is 14.3 Å². The van der Waals surface area contributed by atoms with Gasteiger partial charge >= 0.3 is 0 Å². The van der Waals surface area contributed by atoms with Gasteiger partial charge in [0.15, 0.2) is 0 Å². The van der Waals surface area contributed by atoms with Crippen molar-refractivity contribution in [3.8, 4) is 0 Å². The second kappa shape index (κ2) is 6.12. The van der Waals surface area contributed by atoms with E-state index in [1.807, 2.05) is 0 Å². The number of halogens is 1. The zero-order valence-corrected chi connectivity index (χ0v) is 10.9. The molecule has 1 amide bonds. The molecule has 1 saturated carbocycles. The van der Waals surface area contributed by atoms with Crippen LogP contribution in [0.4, 0.5) is 4.39 Å². The van der Waals surface area contributed by atoms with Gasteiger partial charge in [-0.25, -0.2) is 4.39 Å². The highest BCUT2D eigenvalue weighted by Crippen LogP contribution is 2.18. The summed E-state index contributed by atoms with van der Waals surface area (Å²) in [6.07, 6.45) is 1.27. The van der Waals surface area contributed by atoms with Crippen LogP contribution in [0.2, 0.25) is 0 Å². The number of rotatable bonds is 6. The van der Waals surface area contributed by atoms with Crippen LogP contribution in [0, 0.1) is 5.82 Å². The number of hydrogen-bond acceptors (Lipinski definition) is 3. The minimum Gasteiger partial charge on any atom is -0.387 e. The predicted molar refractivity (Wildman–Crippen MR) is 70.0 cm³/mol. The monoisotopic (exact) mass is 266 g/mol. The van der Waals surface area contributed by atoms with Crippen molar-refractivity contribution in [1.82, 2.24) is 10.6 Å². The van der Waals surface area contributed by atoms with Gasteiger partial charge in [0.1, 0.15) is 5.82 Å². The van der Waals surface area contributed by atoms with E-state index in [-0.39, 0.29) is 24.3 Å². The van der Waals surface area contributed by atoms with Gasteiger partial charge in [-0.1, -0.05) is 12.1 Å². The van der Waals surface area contributed by atoms with Gasteiger partial charge in [-0.2, -0.15) is 0 Å². The van der Waals surface area contributed by atoms with Crippen molar-refractivity contribution in [1.29, 1.82) is 0 Å². The lowest BCUT2D eigenvalue weighted by atomic mass is 10.1. The van der Waals surface area contributed by atoms with Gasteiger partial charge in [-0.05, 0) is 37.5 Å². The van der Waals surface area contributed by atoms with E-state index in [0.29, 0.717) is 11.6 Å². The lowest BCUT2D eigenvalue weighted by Gasteiger charge is -2.17. The van der Waals surface area contributed by atoms with Gasteiger partial charge in [0.2, 0.25) is 5.91 Å². The van der Waals surface area contributed by atoms with Crippen LogP contribution in [0.5, 0.6) is 0 Å². The van der Waals surface area contributed by atoms with Crippen molar-refractivity contribution in [2.75, 3.05) is 6.54 Å². The highest BCUT2D eigenvalue weighted by Gasteiger charge is 2.25. The molecular weight excluding hydrogens is 247 g/mol. The Balaban J connectivity index is 1.78. The SMILES string of the molecule is CC(NCC(O)c1cccc(F)c1)C(=O)NC1CC1. The van der Waals surface area contributed by atoms with Gasteiger partial charge in [0.25, 0.3) is 0 Å². The summed E-state index contributed by atoms with van der Waals surface area (Å²) in [5, 5.41) is 15.7. The topological polar surface area (TPSA) is 61.4 Å². The number of hydrogen-bond donors (Lipinski definition) is 3. The average molecular weight is 266 g/mol. The first-order chi connectivity index (χ1) is 9.06. The molecule has 2 unspecified atom stereocenters. The van der Waals surface area contributed by atoms with Crippen molar-refractivity contribution >= 4 is 5.91 Å². The number of aliphatic hydroxyl groups excluding tert-OH is 1. The van der Waals surface area contributed by atoms with Crippen molar-refractivity contribution in [3.05, 3.63) is 35.6 Å². The molecule has 1 aliphatic rings. The second-order valence-corrected chi connectivity index (χ2v) is 4.98. The molecule has 1 fully saturated rings. The first-order valence-corrected chi connectivity index (χ1v) is 6.53. The van der Waals surface area contributed by atoms with E-state index in [1.54, 1.807) is 19.1 Å². The maximum atomic E-state index is 13.0. The van der Waals surface area contributed by atoms with Gasteiger partial charge in [-0.15, -0.1) is 0 Å². The first-order valence-electron chi connectivity index (χ1n) is 6.53. The Hall–Kier alpha value is -1.46. The molecule has 5 heteroatoms. The molecule has 0 spiro atoms. The van der Waals surface area contributed by atoms with Crippen LogP contribution in [-0.4, -0.2) is 29.6 Å². The maximum Gasteiger partial charge on any atom is 0.237 e. The van der Waals surface area contributed by atoms with Crippen LogP contribution in [-0.2, 0) is 4.79 Å². The zero-order valence-electron chi connectivity index (χ0n) is 10.9. The average Bonchev–Trinajstić information content (AvgIpc) is 3.19. The minimum atomic E-state index is -0.827. The molecule has 0 radical (unpaired) electrons. The summed E-state index contributed by atoms with van der Waals surface area (Å²) >= 11 is 0. The molecule has 104 valence electrons. The van der Waals surface area contributed by atoms with Gasteiger partial charge in [0.05, 0.1) is 12.1 Å². The molecule has 0 saturated heterocycles. The largest absolute Gasteiger partial charge is 0.387 e. The fourth-order valence-corrected chi connectivity index (χ4v) is 1.77. The Labute approximate surface area is 112 Å². The van der Waals surface area contributed by atoms with Crippen LogP contribution in [0.1, 0.15) is 31.4 Å². The van der Waals surface area contributed by atoms with Gasteiger partial charge in [-0.3, -0.25) is 4.79 Å². The quantitative estimate of drug-likeness (QED) is 0.723. The number of carbonyl (C=O) groups excluding carboxylic acids is 1. The van der Waals surface area contributed by atoms with Crippen molar-refractivity contribution < 1.29 is 14.3 Å². The smallest absolute Gasteiger partial charge is 0.237 e. The van der Waals surface area contributed by atoms with Crippen LogP contribution in [0.15, 0.2) is 24.3 Å². The second-order valence-electron chi connectivity index (χ2n) is 4.98. The molecule has 3 N–H and O–H groups in total. The lowest BCUT2D eigenvalue weighted by molar-refractivity contribution is -0.123. The van der Waals surface area contributed by atoms with Gasteiger partial charge in [0, 0.05) is 12.6 Å². The fourth-order valence-electron chi connectivity index (χ4n) is 1.77. The lowest BCUT2D eigenvalue weighted by Crippen LogP contribution is -2.44. The third-order valence-electron chi connectivity index (χ3n) is 3.17. The summed E-state index contributed by atoms with van der Waals surface area (Å²) in [7, 11) is 0. The van der Waals surface area contributed by atoms with Crippen LogP contribution >= 0.6 is 0 Å². The molecule has 4 nitrogen and oxygen atoms in total. The van der Waals surface area contributed by atoms with E-state index in [2.05, 4.69) is 10.6 Å². The molecule has 1 aliphatic carbocycles. The normalized spacial score (nSPS) is 17.8. The summed E-state index contributed by atoms with van der Waals surface area (Å²) in [4.78, 5) is 11.7. The first kappa shape index (κ1) is 14.0. The third kappa shape index (κ3) is 4.29. The predicted octanol–water partition coefficient (Wildman–Crippen LogP) is 1.12. The number of nitrogens with one attached hydrogen (secondary N) is 2. The Morgan fingerprint density at radius 3 is 2.89 bits per heavy atom. The van der Waals surface area contributed by atoms with Crippen LogP contribution in [0.25, 0.3) is 0 Å². The van der Waals surface area contributed by atoms with E-state index in [4.69, 9.17) is 0 Å². The summed E-state index contributed by atoms with van der Waals surface area (Å²) in [5.41, 5.74) is 0.502. The third-order valence-corrected chi connectivity index (χ3v) is 3.17. The van der Waals surface area contributed by atoms with Gasteiger partial charge < -0.3 is 15.7 Å². The highest BCUT2D eigenvalue weighted by atomic mass is 19.1. The van der Waals surface area contributed by atoms with E-state index in [1.165, 1.54) is 12.1 Å². The molecule has 1 aromatic carbocycles. The van der Waals surface area contributed by atoms with Crippen LogP contribution < -0.4 is 10.6 Å². The standard InChI is InChI=1S/C14H19FN2O2/c1-9(14(19)17-12-5-6-12)16-8-13(18)10-3-2-4-11(15)7-10/h2-4,7,9,12-13,16,18H,5-6,8H2,1H3,(H,17,19). The number of benzene rings is 1. The van der Waals surface area contributed by atoms with Crippen molar-refractivity contribution in [3.63, 3.8) is 0 Å². The van der Waals surface area contributed by atoms with E-state index in [0.717, 1.165) is 12.8 Å². The summed E-state index contributed by atoms with van der Waals surface area (Å²) in [5.74, 6) is -0.440. The Bertz CT molecular complexity index is 449.